The second-order valence-electron chi connectivity index (χ2n) is 5.76. The molecule has 2 rings (SSSR count). The normalized spacial score (nSPS) is 21.3. The molecule has 0 unspecified atom stereocenters. The largest absolute Gasteiger partial charge is 0.496 e. The van der Waals surface area contributed by atoms with Gasteiger partial charge in [0.1, 0.15) is 5.75 Å². The van der Waals surface area contributed by atoms with Crippen LogP contribution < -0.4 is 15.4 Å². The van der Waals surface area contributed by atoms with Crippen LogP contribution in [0.15, 0.2) is 18.2 Å². The molecule has 0 saturated carbocycles. The van der Waals surface area contributed by atoms with Crippen molar-refractivity contribution < 1.29 is 22.7 Å². The maximum absolute atomic E-state index is 12.8. The number of hydrogen-bond acceptors (Lipinski definition) is 3. The molecule has 23 heavy (non-hydrogen) atoms. The Kier molecular flexibility index (Phi) is 5.51. The molecule has 0 spiro atoms. The molecule has 1 aliphatic heterocycles. The number of aryl methyl sites for hydroxylation is 1. The lowest BCUT2D eigenvalue weighted by molar-refractivity contribution is -0.182. The number of rotatable bonds is 5. The topological polar surface area (TPSA) is 50.4 Å². The van der Waals surface area contributed by atoms with E-state index in [9.17, 15) is 18.0 Å². The highest BCUT2D eigenvalue weighted by atomic mass is 19.4. The summed E-state index contributed by atoms with van der Waals surface area (Å²) in [5.74, 6) is -2.45. The van der Waals surface area contributed by atoms with E-state index in [1.165, 1.54) is 0 Å². The second-order valence-corrected chi connectivity index (χ2v) is 5.76. The van der Waals surface area contributed by atoms with E-state index in [0.29, 0.717) is 13.0 Å². The summed E-state index contributed by atoms with van der Waals surface area (Å²) in [6, 6.07) is 5.70. The van der Waals surface area contributed by atoms with Crippen LogP contribution in [0.4, 0.5) is 13.2 Å². The summed E-state index contributed by atoms with van der Waals surface area (Å²) in [7, 11) is 1.58. The molecule has 1 fully saturated rings. The fourth-order valence-electron chi connectivity index (χ4n) is 2.78. The summed E-state index contributed by atoms with van der Waals surface area (Å²) in [6.45, 7) is 2.09. The smallest absolute Gasteiger partial charge is 0.393 e. The molecule has 2 N–H and O–H groups in total. The van der Waals surface area contributed by atoms with Gasteiger partial charge in [0.05, 0.1) is 18.9 Å². The van der Waals surface area contributed by atoms with Crippen molar-refractivity contribution in [2.45, 2.75) is 19.5 Å². The van der Waals surface area contributed by atoms with Crippen molar-refractivity contribution >= 4 is 5.91 Å². The number of ether oxygens (including phenoxy) is 1. The minimum Gasteiger partial charge on any atom is -0.496 e. The van der Waals surface area contributed by atoms with Gasteiger partial charge in [0, 0.05) is 19.6 Å². The zero-order chi connectivity index (χ0) is 17.0. The van der Waals surface area contributed by atoms with Crippen LogP contribution in [0.25, 0.3) is 0 Å². The van der Waals surface area contributed by atoms with Crippen molar-refractivity contribution in [3.63, 3.8) is 0 Å². The number of methoxy groups -OCH3 is 1. The molecule has 1 heterocycles. The number of amides is 1. The third-order valence-electron chi connectivity index (χ3n) is 4.16. The van der Waals surface area contributed by atoms with E-state index < -0.39 is 23.9 Å². The highest BCUT2D eigenvalue weighted by Crippen LogP contribution is 2.34. The van der Waals surface area contributed by atoms with Crippen LogP contribution in [0.1, 0.15) is 11.1 Å². The van der Waals surface area contributed by atoms with E-state index in [4.69, 9.17) is 4.74 Å². The number of carbonyl (C=O) groups excluding carboxylic acids is 1. The first-order valence-corrected chi connectivity index (χ1v) is 7.51. The van der Waals surface area contributed by atoms with E-state index in [1.807, 2.05) is 25.1 Å². The van der Waals surface area contributed by atoms with Crippen LogP contribution in [0, 0.1) is 18.8 Å². The van der Waals surface area contributed by atoms with Crippen LogP contribution in [-0.2, 0) is 11.2 Å². The third kappa shape index (κ3) is 4.37. The molecule has 1 aliphatic rings. The van der Waals surface area contributed by atoms with Gasteiger partial charge in [0.15, 0.2) is 0 Å². The fourth-order valence-corrected chi connectivity index (χ4v) is 2.78. The van der Waals surface area contributed by atoms with Crippen molar-refractivity contribution in [1.29, 1.82) is 0 Å². The Labute approximate surface area is 133 Å². The summed E-state index contributed by atoms with van der Waals surface area (Å²) >= 11 is 0. The minimum atomic E-state index is -4.35. The number of benzene rings is 1. The van der Waals surface area contributed by atoms with Gasteiger partial charge in [-0.1, -0.05) is 12.1 Å². The maximum Gasteiger partial charge on any atom is 0.393 e. The van der Waals surface area contributed by atoms with Gasteiger partial charge in [-0.15, -0.1) is 0 Å². The van der Waals surface area contributed by atoms with Gasteiger partial charge >= 0.3 is 6.18 Å². The fraction of sp³-hybridized carbons (Fsp3) is 0.562. The summed E-state index contributed by atoms with van der Waals surface area (Å²) in [4.78, 5) is 12.0. The Morgan fingerprint density at radius 3 is 2.78 bits per heavy atom. The Hall–Kier alpha value is -1.76. The molecule has 0 radical (unpaired) electrons. The lowest BCUT2D eigenvalue weighted by atomic mass is 9.94. The molecule has 0 aliphatic carbocycles. The molecule has 1 aromatic carbocycles. The zero-order valence-electron chi connectivity index (χ0n) is 13.2. The molecule has 2 atom stereocenters. The zero-order valence-corrected chi connectivity index (χ0v) is 13.2. The van der Waals surface area contributed by atoms with Gasteiger partial charge in [-0.2, -0.15) is 13.2 Å². The van der Waals surface area contributed by atoms with E-state index in [1.54, 1.807) is 7.11 Å². The number of alkyl halides is 3. The standard InChI is InChI=1S/C16H21F3N2O2/c1-10-3-4-11(7-14(10)23-2)5-6-21-15(22)12-8-20-9-13(12)16(17,18)19/h3-4,7,12-13,20H,5-6,8-9H2,1-2H3,(H,21,22)/t12-,13-/m1/s1. The maximum atomic E-state index is 12.8. The van der Waals surface area contributed by atoms with Crippen LogP contribution in [-0.4, -0.2) is 38.8 Å². The van der Waals surface area contributed by atoms with Gasteiger partial charge in [0.2, 0.25) is 5.91 Å². The molecule has 0 aromatic heterocycles. The lowest BCUT2D eigenvalue weighted by Gasteiger charge is -2.20. The van der Waals surface area contributed by atoms with E-state index in [0.717, 1.165) is 16.9 Å². The van der Waals surface area contributed by atoms with Crippen LogP contribution in [0.2, 0.25) is 0 Å². The Morgan fingerprint density at radius 2 is 2.13 bits per heavy atom. The van der Waals surface area contributed by atoms with Gasteiger partial charge < -0.3 is 15.4 Å². The average molecular weight is 330 g/mol. The predicted molar refractivity (Wildman–Crippen MR) is 80.3 cm³/mol. The van der Waals surface area contributed by atoms with Gasteiger partial charge in [-0.25, -0.2) is 0 Å². The van der Waals surface area contributed by atoms with Crippen LogP contribution >= 0.6 is 0 Å². The highest BCUT2D eigenvalue weighted by Gasteiger charge is 2.49. The molecule has 4 nitrogen and oxygen atoms in total. The first kappa shape index (κ1) is 17.6. The van der Waals surface area contributed by atoms with Crippen LogP contribution in [0.5, 0.6) is 5.75 Å². The van der Waals surface area contributed by atoms with E-state index >= 15 is 0 Å². The monoisotopic (exact) mass is 330 g/mol. The van der Waals surface area contributed by atoms with E-state index in [-0.39, 0.29) is 13.1 Å². The Morgan fingerprint density at radius 1 is 1.39 bits per heavy atom. The lowest BCUT2D eigenvalue weighted by Crippen LogP contribution is -2.40. The Bertz CT molecular complexity index is 561. The first-order valence-electron chi connectivity index (χ1n) is 7.51. The van der Waals surface area contributed by atoms with Gasteiger partial charge in [0.25, 0.3) is 0 Å². The molecule has 7 heteroatoms. The van der Waals surface area contributed by atoms with Gasteiger partial charge in [-0.3, -0.25) is 4.79 Å². The number of nitrogens with one attached hydrogen (secondary N) is 2. The van der Waals surface area contributed by atoms with Gasteiger partial charge in [-0.05, 0) is 30.5 Å². The molecule has 1 amide bonds. The van der Waals surface area contributed by atoms with Crippen molar-refractivity contribution in [1.82, 2.24) is 10.6 Å². The number of carbonyl (C=O) groups is 1. The summed E-state index contributed by atoms with van der Waals surface area (Å²) in [6.07, 6.45) is -3.81. The van der Waals surface area contributed by atoms with E-state index in [2.05, 4.69) is 10.6 Å². The molecular formula is C16H21F3N2O2. The second kappa shape index (κ2) is 7.21. The highest BCUT2D eigenvalue weighted by molar-refractivity contribution is 5.79. The number of hydrogen-bond donors (Lipinski definition) is 2. The SMILES string of the molecule is COc1cc(CCNC(=O)[C@@H]2CNC[C@H]2C(F)(F)F)ccc1C. The summed E-state index contributed by atoms with van der Waals surface area (Å²) in [5.41, 5.74) is 1.97. The molecule has 1 aromatic rings. The van der Waals surface area contributed by atoms with Crippen molar-refractivity contribution in [3.05, 3.63) is 29.3 Å². The molecule has 1 saturated heterocycles. The quantitative estimate of drug-likeness (QED) is 0.869. The molecular weight excluding hydrogens is 309 g/mol. The average Bonchev–Trinajstić information content (AvgIpc) is 2.98. The summed E-state index contributed by atoms with van der Waals surface area (Å²) < 4.78 is 43.8. The third-order valence-corrected chi connectivity index (χ3v) is 4.16. The molecule has 0 bridgehead atoms. The van der Waals surface area contributed by atoms with Crippen molar-refractivity contribution in [2.75, 3.05) is 26.7 Å². The van der Waals surface area contributed by atoms with Crippen molar-refractivity contribution in [2.24, 2.45) is 11.8 Å². The summed E-state index contributed by atoms with van der Waals surface area (Å²) in [5, 5.41) is 5.25. The van der Waals surface area contributed by atoms with Crippen LogP contribution in [0.3, 0.4) is 0 Å². The van der Waals surface area contributed by atoms with Crippen molar-refractivity contribution in [3.8, 4) is 5.75 Å². The molecule has 128 valence electrons. The first-order chi connectivity index (χ1) is 10.8. The number of halogens is 3. The minimum absolute atomic E-state index is 0.0639. The Balaban J connectivity index is 1.87. The predicted octanol–water partition coefficient (Wildman–Crippen LogP) is 2.06.